The van der Waals surface area contributed by atoms with Gasteiger partial charge in [0.2, 0.25) is 0 Å². The Bertz CT molecular complexity index is 714. The summed E-state index contributed by atoms with van der Waals surface area (Å²) >= 11 is 1.42. The molecule has 148 valence electrons. The minimum Gasteiger partial charge on any atom is -0.450 e. The van der Waals surface area contributed by atoms with Gasteiger partial charge in [0.05, 0.1) is 12.3 Å². The standard InChI is InChI=1S/C17H25N5O4S/c1-3-26-17(25)22-8-4-11(5-9-22)18-14(23)15(24)20-16-19-12-6-7-21(2)10-13(12)27-16/h11H,3-10H2,1-2H3,(H,18,23)(H,19,20,24). The molecule has 0 spiro atoms. The maximum absolute atomic E-state index is 12.2. The third-order valence-corrected chi connectivity index (χ3v) is 5.70. The molecule has 10 heteroatoms. The second-order valence-electron chi connectivity index (χ2n) is 6.76. The fraction of sp³-hybridized carbons (Fsp3) is 0.647. The number of aromatic nitrogens is 1. The predicted molar refractivity (Wildman–Crippen MR) is 101 cm³/mol. The molecule has 3 heterocycles. The number of fused-ring (bicyclic) bond motifs is 1. The first-order chi connectivity index (χ1) is 13.0. The minimum atomic E-state index is -0.706. The third-order valence-electron chi connectivity index (χ3n) is 4.70. The molecule has 2 N–H and O–H groups in total. The van der Waals surface area contributed by atoms with Crippen molar-refractivity contribution in [3.8, 4) is 0 Å². The van der Waals surface area contributed by atoms with Crippen LogP contribution in [0.25, 0.3) is 0 Å². The van der Waals surface area contributed by atoms with E-state index in [1.165, 1.54) is 11.3 Å². The van der Waals surface area contributed by atoms with Crippen molar-refractivity contribution in [1.82, 2.24) is 20.1 Å². The van der Waals surface area contributed by atoms with Crippen LogP contribution in [0.15, 0.2) is 0 Å². The van der Waals surface area contributed by atoms with Gasteiger partial charge in [-0.2, -0.15) is 0 Å². The molecule has 0 aliphatic carbocycles. The molecule has 27 heavy (non-hydrogen) atoms. The highest BCUT2D eigenvalue weighted by molar-refractivity contribution is 7.16. The van der Waals surface area contributed by atoms with Crippen molar-refractivity contribution in [1.29, 1.82) is 0 Å². The first-order valence-electron chi connectivity index (χ1n) is 9.17. The Labute approximate surface area is 162 Å². The Morgan fingerprint density at radius 3 is 2.67 bits per heavy atom. The molecule has 0 atom stereocenters. The maximum Gasteiger partial charge on any atom is 0.409 e. The highest BCUT2D eigenvalue weighted by atomic mass is 32.1. The Morgan fingerprint density at radius 2 is 1.96 bits per heavy atom. The molecule has 3 rings (SSSR count). The zero-order valence-electron chi connectivity index (χ0n) is 15.6. The van der Waals surface area contributed by atoms with Crippen LogP contribution in [0, 0.1) is 0 Å². The number of thiazole rings is 1. The van der Waals surface area contributed by atoms with Gasteiger partial charge in [-0.3, -0.25) is 14.9 Å². The third kappa shape index (κ3) is 4.95. The fourth-order valence-electron chi connectivity index (χ4n) is 3.20. The van der Waals surface area contributed by atoms with Gasteiger partial charge in [0, 0.05) is 43.5 Å². The van der Waals surface area contributed by atoms with Crippen LogP contribution in [0.2, 0.25) is 0 Å². The Morgan fingerprint density at radius 1 is 1.22 bits per heavy atom. The van der Waals surface area contributed by atoms with Crippen molar-refractivity contribution < 1.29 is 19.1 Å². The van der Waals surface area contributed by atoms with Gasteiger partial charge in [0.15, 0.2) is 5.13 Å². The van der Waals surface area contributed by atoms with Crippen LogP contribution >= 0.6 is 11.3 Å². The molecule has 2 aliphatic heterocycles. The summed E-state index contributed by atoms with van der Waals surface area (Å²) in [6, 6.07) is -0.132. The quantitative estimate of drug-likeness (QED) is 0.734. The van der Waals surface area contributed by atoms with Crippen LogP contribution in [0.4, 0.5) is 9.93 Å². The molecule has 1 saturated heterocycles. The van der Waals surface area contributed by atoms with E-state index in [9.17, 15) is 14.4 Å². The van der Waals surface area contributed by atoms with E-state index >= 15 is 0 Å². The number of nitrogens with one attached hydrogen (secondary N) is 2. The van der Waals surface area contributed by atoms with Gasteiger partial charge in [0.1, 0.15) is 0 Å². The number of hydrogen-bond donors (Lipinski definition) is 2. The van der Waals surface area contributed by atoms with Crippen molar-refractivity contribution >= 4 is 34.4 Å². The number of likely N-dealkylation sites (tertiary alicyclic amines) is 1. The summed E-state index contributed by atoms with van der Waals surface area (Å²) in [5, 5.41) is 5.80. The van der Waals surface area contributed by atoms with Crippen molar-refractivity contribution in [2.24, 2.45) is 0 Å². The van der Waals surface area contributed by atoms with E-state index in [0.717, 1.165) is 30.1 Å². The highest BCUT2D eigenvalue weighted by Gasteiger charge is 2.27. The highest BCUT2D eigenvalue weighted by Crippen LogP contribution is 2.27. The van der Waals surface area contributed by atoms with Gasteiger partial charge in [-0.1, -0.05) is 0 Å². The molecule has 2 aliphatic rings. The molecule has 3 amide bonds. The van der Waals surface area contributed by atoms with Gasteiger partial charge < -0.3 is 19.9 Å². The number of piperidine rings is 1. The Kier molecular flexibility index (Phi) is 6.27. The molecule has 1 fully saturated rings. The van der Waals surface area contributed by atoms with Gasteiger partial charge in [-0.15, -0.1) is 11.3 Å². The second kappa shape index (κ2) is 8.66. The number of hydrogen-bond acceptors (Lipinski definition) is 7. The van der Waals surface area contributed by atoms with Gasteiger partial charge in [0.25, 0.3) is 0 Å². The summed E-state index contributed by atoms with van der Waals surface area (Å²) in [4.78, 5) is 45.4. The fourth-order valence-corrected chi connectivity index (χ4v) is 4.29. The topological polar surface area (TPSA) is 104 Å². The molecule has 0 bridgehead atoms. The van der Waals surface area contributed by atoms with E-state index in [1.807, 2.05) is 7.05 Å². The molecular formula is C17H25N5O4S. The average Bonchev–Trinajstić information content (AvgIpc) is 3.03. The molecular weight excluding hydrogens is 370 g/mol. The van der Waals surface area contributed by atoms with E-state index in [4.69, 9.17) is 4.74 Å². The second-order valence-corrected chi connectivity index (χ2v) is 7.85. The molecule has 0 radical (unpaired) electrons. The minimum absolute atomic E-state index is 0.132. The van der Waals surface area contributed by atoms with Crippen LogP contribution in [0.5, 0.6) is 0 Å². The number of nitrogens with zero attached hydrogens (tertiary/aromatic N) is 3. The SMILES string of the molecule is CCOC(=O)N1CCC(NC(=O)C(=O)Nc2nc3c(s2)CN(C)CC3)CC1. The number of likely N-dealkylation sites (N-methyl/N-ethyl adjacent to an activating group) is 1. The van der Waals surface area contributed by atoms with E-state index in [-0.39, 0.29) is 12.1 Å². The summed E-state index contributed by atoms with van der Waals surface area (Å²) < 4.78 is 4.97. The van der Waals surface area contributed by atoms with Crippen LogP contribution in [0.3, 0.4) is 0 Å². The number of amides is 3. The lowest BCUT2D eigenvalue weighted by molar-refractivity contribution is -0.136. The van der Waals surface area contributed by atoms with Crippen molar-refractivity contribution in [2.45, 2.75) is 38.8 Å². The number of carbonyl (C=O) groups is 3. The number of ether oxygens (including phenoxy) is 1. The molecule has 0 unspecified atom stereocenters. The lowest BCUT2D eigenvalue weighted by Gasteiger charge is -2.31. The zero-order valence-corrected chi connectivity index (χ0v) is 16.4. The lowest BCUT2D eigenvalue weighted by atomic mass is 10.1. The van der Waals surface area contributed by atoms with E-state index < -0.39 is 11.8 Å². The number of anilines is 1. The average molecular weight is 395 g/mol. The van der Waals surface area contributed by atoms with E-state index in [2.05, 4.69) is 20.5 Å². The van der Waals surface area contributed by atoms with Crippen molar-refractivity contribution in [3.05, 3.63) is 10.6 Å². The summed E-state index contributed by atoms with van der Waals surface area (Å²) in [7, 11) is 2.04. The van der Waals surface area contributed by atoms with Gasteiger partial charge in [-0.05, 0) is 26.8 Å². The van der Waals surface area contributed by atoms with Crippen LogP contribution in [-0.4, -0.2) is 72.0 Å². The van der Waals surface area contributed by atoms with Gasteiger partial charge in [-0.25, -0.2) is 9.78 Å². The molecule has 0 saturated carbocycles. The predicted octanol–water partition coefficient (Wildman–Crippen LogP) is 0.807. The van der Waals surface area contributed by atoms with E-state index in [0.29, 0.717) is 37.7 Å². The smallest absolute Gasteiger partial charge is 0.409 e. The van der Waals surface area contributed by atoms with E-state index in [1.54, 1.807) is 11.8 Å². The van der Waals surface area contributed by atoms with Crippen LogP contribution in [-0.2, 0) is 27.3 Å². The first-order valence-corrected chi connectivity index (χ1v) is 9.98. The van der Waals surface area contributed by atoms with Crippen LogP contribution in [0.1, 0.15) is 30.3 Å². The van der Waals surface area contributed by atoms with Crippen molar-refractivity contribution in [3.63, 3.8) is 0 Å². The van der Waals surface area contributed by atoms with Gasteiger partial charge >= 0.3 is 17.9 Å². The summed E-state index contributed by atoms with van der Waals surface area (Å²) in [5.74, 6) is -1.38. The summed E-state index contributed by atoms with van der Waals surface area (Å²) in [6.45, 7) is 4.85. The summed E-state index contributed by atoms with van der Waals surface area (Å²) in [5.41, 5.74) is 1.00. The van der Waals surface area contributed by atoms with Crippen LogP contribution < -0.4 is 10.6 Å². The Balaban J connectivity index is 1.46. The lowest BCUT2D eigenvalue weighted by Crippen LogP contribution is -2.49. The number of rotatable bonds is 3. The number of carbonyl (C=O) groups excluding carboxylic acids is 3. The Hall–Kier alpha value is -2.20. The normalized spacial score (nSPS) is 17.9. The van der Waals surface area contributed by atoms with Crippen molar-refractivity contribution in [2.75, 3.05) is 38.6 Å². The molecule has 9 nitrogen and oxygen atoms in total. The monoisotopic (exact) mass is 395 g/mol. The molecule has 1 aromatic rings. The zero-order chi connectivity index (χ0) is 19.4. The summed E-state index contributed by atoms with van der Waals surface area (Å²) in [6.07, 6.45) is 1.70. The first kappa shape index (κ1) is 19.6. The molecule has 1 aromatic heterocycles. The maximum atomic E-state index is 12.2. The largest absolute Gasteiger partial charge is 0.450 e. The molecule has 0 aromatic carbocycles.